The van der Waals surface area contributed by atoms with Gasteiger partial charge in [-0.2, -0.15) is 0 Å². The van der Waals surface area contributed by atoms with Crippen molar-refractivity contribution in [3.8, 4) is 0 Å². The molecule has 0 bridgehead atoms. The van der Waals surface area contributed by atoms with Gasteiger partial charge in [0, 0.05) is 0 Å². The standard InChI is InChI=1S/C10H19/c1-7-5-9(3)10(4)6-8(7)2/h5,7-10H,6H2,1-4H3. The molecule has 0 N–H and O–H groups in total. The van der Waals surface area contributed by atoms with Gasteiger partial charge >= 0.3 is 0 Å². The van der Waals surface area contributed by atoms with Crippen LogP contribution in [0.3, 0.4) is 0 Å². The van der Waals surface area contributed by atoms with E-state index in [1.807, 2.05) is 0 Å². The fraction of sp³-hybridized carbons (Fsp3) is 0.900. The third-order valence-corrected chi connectivity index (χ3v) is 3.15. The maximum atomic E-state index is 2.51. The Balaban J connectivity index is 2.46. The first-order chi connectivity index (χ1) is 4.61. The van der Waals surface area contributed by atoms with Gasteiger partial charge in [0.2, 0.25) is 0 Å². The van der Waals surface area contributed by atoms with Gasteiger partial charge < -0.3 is 0 Å². The Morgan fingerprint density at radius 1 is 0.900 bits per heavy atom. The average molecular weight is 139 g/mol. The van der Waals surface area contributed by atoms with Crippen molar-refractivity contribution in [2.45, 2.75) is 34.1 Å². The van der Waals surface area contributed by atoms with Gasteiger partial charge in [-0.25, -0.2) is 0 Å². The number of hydrogen-bond donors (Lipinski definition) is 0. The van der Waals surface area contributed by atoms with Gasteiger partial charge in [-0.3, -0.25) is 0 Å². The quantitative estimate of drug-likeness (QED) is 0.483. The van der Waals surface area contributed by atoms with Crippen LogP contribution in [-0.2, 0) is 0 Å². The molecule has 0 aromatic heterocycles. The van der Waals surface area contributed by atoms with Crippen LogP contribution in [0.25, 0.3) is 0 Å². The molecule has 0 aromatic carbocycles. The highest BCUT2D eigenvalue weighted by atomic mass is 14.3. The van der Waals surface area contributed by atoms with Crippen molar-refractivity contribution in [2.75, 3.05) is 0 Å². The first-order valence-electron chi connectivity index (χ1n) is 4.46. The normalized spacial score (nSPS) is 49.2. The molecule has 0 nitrogen and oxygen atoms in total. The molecule has 1 aliphatic rings. The van der Waals surface area contributed by atoms with Gasteiger partial charge in [-0.15, -0.1) is 0 Å². The van der Waals surface area contributed by atoms with Crippen LogP contribution in [0.5, 0.6) is 0 Å². The highest BCUT2D eigenvalue weighted by Gasteiger charge is 2.27. The fourth-order valence-corrected chi connectivity index (χ4v) is 1.87. The lowest BCUT2D eigenvalue weighted by Crippen LogP contribution is -2.26. The summed E-state index contributed by atoms with van der Waals surface area (Å²) in [7, 11) is 0. The largest absolute Gasteiger partial charge is 0.0622 e. The summed E-state index contributed by atoms with van der Waals surface area (Å²) < 4.78 is 0. The third kappa shape index (κ3) is 1.53. The monoisotopic (exact) mass is 139 g/mol. The van der Waals surface area contributed by atoms with Crippen LogP contribution in [0.15, 0.2) is 0 Å². The van der Waals surface area contributed by atoms with E-state index in [0.29, 0.717) is 0 Å². The molecule has 59 valence electrons. The fourth-order valence-electron chi connectivity index (χ4n) is 1.87. The van der Waals surface area contributed by atoms with Crippen LogP contribution in [-0.4, -0.2) is 0 Å². The zero-order valence-corrected chi connectivity index (χ0v) is 7.59. The van der Waals surface area contributed by atoms with E-state index in [4.69, 9.17) is 0 Å². The molecule has 0 heterocycles. The topological polar surface area (TPSA) is 0 Å². The summed E-state index contributed by atoms with van der Waals surface area (Å²) in [5, 5.41) is 0. The Labute approximate surface area is 65.0 Å². The van der Waals surface area contributed by atoms with E-state index in [1.54, 1.807) is 0 Å². The van der Waals surface area contributed by atoms with E-state index in [0.717, 1.165) is 23.7 Å². The van der Waals surface area contributed by atoms with Gasteiger partial charge in [0.25, 0.3) is 0 Å². The summed E-state index contributed by atoms with van der Waals surface area (Å²) in [6.45, 7) is 9.41. The Kier molecular flexibility index (Phi) is 2.38. The van der Waals surface area contributed by atoms with Crippen molar-refractivity contribution in [1.29, 1.82) is 0 Å². The highest BCUT2D eigenvalue weighted by Crippen LogP contribution is 2.35. The summed E-state index contributed by atoms with van der Waals surface area (Å²) in [6.07, 6.45) is 3.93. The van der Waals surface area contributed by atoms with E-state index in [-0.39, 0.29) is 0 Å². The Bertz CT molecular complexity index is 80.6. The molecule has 0 spiro atoms. The van der Waals surface area contributed by atoms with Crippen LogP contribution in [0.1, 0.15) is 34.1 Å². The van der Waals surface area contributed by atoms with E-state index in [2.05, 4.69) is 34.1 Å². The zero-order valence-electron chi connectivity index (χ0n) is 7.59. The SMILES string of the molecule is CC1[CH]C(C)C(C)CC1C. The maximum absolute atomic E-state index is 2.51. The number of hydrogen-bond acceptors (Lipinski definition) is 0. The molecule has 0 heteroatoms. The predicted octanol–water partition coefficient (Wildman–Crippen LogP) is 3.14. The summed E-state index contributed by atoms with van der Waals surface area (Å²) in [4.78, 5) is 0. The Morgan fingerprint density at radius 2 is 1.30 bits per heavy atom. The van der Waals surface area contributed by atoms with Gasteiger partial charge in [0.05, 0.1) is 0 Å². The molecule has 0 amide bonds. The van der Waals surface area contributed by atoms with Crippen molar-refractivity contribution in [1.82, 2.24) is 0 Å². The van der Waals surface area contributed by atoms with Gasteiger partial charge in [0.1, 0.15) is 0 Å². The minimum absolute atomic E-state index is 0.839. The van der Waals surface area contributed by atoms with Gasteiger partial charge in [-0.1, -0.05) is 27.7 Å². The summed E-state index contributed by atoms with van der Waals surface area (Å²) >= 11 is 0. The first kappa shape index (κ1) is 8.10. The molecule has 4 atom stereocenters. The van der Waals surface area contributed by atoms with Gasteiger partial charge in [0.15, 0.2) is 0 Å². The Hall–Kier alpha value is 0. The molecule has 0 aliphatic heterocycles. The van der Waals surface area contributed by atoms with E-state index >= 15 is 0 Å². The second-order valence-electron chi connectivity index (χ2n) is 4.10. The molecule has 4 unspecified atom stereocenters. The molecular weight excluding hydrogens is 120 g/mol. The second-order valence-corrected chi connectivity index (χ2v) is 4.10. The predicted molar refractivity (Wildman–Crippen MR) is 45.6 cm³/mol. The molecule has 10 heavy (non-hydrogen) atoms. The lowest BCUT2D eigenvalue weighted by Gasteiger charge is -2.34. The van der Waals surface area contributed by atoms with Crippen molar-refractivity contribution in [2.24, 2.45) is 23.7 Å². The van der Waals surface area contributed by atoms with Crippen LogP contribution in [0, 0.1) is 30.1 Å². The van der Waals surface area contributed by atoms with Gasteiger partial charge in [-0.05, 0) is 36.5 Å². The maximum Gasteiger partial charge on any atom is -0.0324 e. The molecule has 1 rings (SSSR count). The van der Waals surface area contributed by atoms with E-state index in [9.17, 15) is 0 Å². The van der Waals surface area contributed by atoms with Crippen LogP contribution < -0.4 is 0 Å². The minimum atomic E-state index is 0.839. The lowest BCUT2D eigenvalue weighted by molar-refractivity contribution is 0.222. The molecule has 1 radical (unpaired) electrons. The molecule has 1 saturated carbocycles. The van der Waals surface area contributed by atoms with Crippen molar-refractivity contribution >= 4 is 0 Å². The zero-order chi connectivity index (χ0) is 7.72. The van der Waals surface area contributed by atoms with E-state index < -0.39 is 0 Å². The number of rotatable bonds is 0. The minimum Gasteiger partial charge on any atom is -0.0622 e. The lowest BCUT2D eigenvalue weighted by atomic mass is 9.71. The van der Waals surface area contributed by atoms with Crippen molar-refractivity contribution in [3.63, 3.8) is 0 Å². The van der Waals surface area contributed by atoms with Crippen molar-refractivity contribution < 1.29 is 0 Å². The summed E-state index contributed by atoms with van der Waals surface area (Å²) in [6, 6.07) is 0. The van der Waals surface area contributed by atoms with Crippen LogP contribution in [0.2, 0.25) is 0 Å². The highest BCUT2D eigenvalue weighted by molar-refractivity contribution is 4.90. The molecule has 1 aliphatic carbocycles. The average Bonchev–Trinajstić information content (AvgIpc) is 1.84. The smallest absolute Gasteiger partial charge is 0.0324 e. The summed E-state index contributed by atoms with van der Waals surface area (Å²) in [5.41, 5.74) is 0. The van der Waals surface area contributed by atoms with E-state index in [1.165, 1.54) is 6.42 Å². The summed E-state index contributed by atoms with van der Waals surface area (Å²) in [5.74, 6) is 3.50. The van der Waals surface area contributed by atoms with Crippen LogP contribution in [0.4, 0.5) is 0 Å². The molecule has 0 aromatic rings. The third-order valence-electron chi connectivity index (χ3n) is 3.15. The Morgan fingerprint density at radius 3 is 1.60 bits per heavy atom. The molecule has 1 fully saturated rings. The second kappa shape index (κ2) is 2.94. The first-order valence-corrected chi connectivity index (χ1v) is 4.46. The molecule has 0 saturated heterocycles. The van der Waals surface area contributed by atoms with Crippen molar-refractivity contribution in [3.05, 3.63) is 6.42 Å². The molecular formula is C10H19. The van der Waals surface area contributed by atoms with Crippen LogP contribution >= 0.6 is 0 Å².